The predicted molar refractivity (Wildman–Crippen MR) is 59.2 cm³/mol. The van der Waals surface area contributed by atoms with Crippen LogP contribution >= 0.6 is 15.9 Å². The molecule has 0 aromatic rings. The van der Waals surface area contributed by atoms with Gasteiger partial charge in [0, 0.05) is 11.2 Å². The Bertz CT molecular complexity index is 141. The standard InChI is InChI=1S/C11H19BrO/c12-11(8-4-5-9-13)10-6-2-1-3-7-10/h9-11H,1-8H2. The number of alkyl halides is 1. The van der Waals surface area contributed by atoms with E-state index in [-0.39, 0.29) is 0 Å². The van der Waals surface area contributed by atoms with Crippen LogP contribution in [0.3, 0.4) is 0 Å². The van der Waals surface area contributed by atoms with Gasteiger partial charge in [0.1, 0.15) is 6.29 Å². The maximum atomic E-state index is 10.1. The molecule has 13 heavy (non-hydrogen) atoms. The Kier molecular flexibility index (Phi) is 5.68. The molecule has 1 fully saturated rings. The molecule has 0 aromatic carbocycles. The highest BCUT2D eigenvalue weighted by atomic mass is 79.9. The summed E-state index contributed by atoms with van der Waals surface area (Å²) in [5.74, 6) is 0.875. The largest absolute Gasteiger partial charge is 0.303 e. The Morgan fingerprint density at radius 3 is 2.62 bits per heavy atom. The molecule has 0 bridgehead atoms. The average Bonchev–Trinajstić information content (AvgIpc) is 2.19. The lowest BCUT2D eigenvalue weighted by atomic mass is 9.85. The quantitative estimate of drug-likeness (QED) is 0.411. The molecular weight excluding hydrogens is 228 g/mol. The van der Waals surface area contributed by atoms with E-state index in [4.69, 9.17) is 0 Å². The number of hydrogen-bond donors (Lipinski definition) is 0. The van der Waals surface area contributed by atoms with Crippen molar-refractivity contribution in [1.82, 2.24) is 0 Å². The molecule has 0 aromatic heterocycles. The molecule has 0 heterocycles. The van der Waals surface area contributed by atoms with Crippen molar-refractivity contribution in [3.05, 3.63) is 0 Å². The van der Waals surface area contributed by atoms with Crippen molar-refractivity contribution < 1.29 is 4.79 Å². The fourth-order valence-electron chi connectivity index (χ4n) is 2.13. The molecule has 1 aliphatic carbocycles. The topological polar surface area (TPSA) is 17.1 Å². The second kappa shape index (κ2) is 6.58. The van der Waals surface area contributed by atoms with Crippen LogP contribution in [0.4, 0.5) is 0 Å². The zero-order chi connectivity index (χ0) is 9.52. The lowest BCUT2D eigenvalue weighted by molar-refractivity contribution is -0.107. The van der Waals surface area contributed by atoms with Gasteiger partial charge in [-0.25, -0.2) is 0 Å². The minimum atomic E-state index is 0.660. The highest BCUT2D eigenvalue weighted by Crippen LogP contribution is 2.32. The number of carbonyl (C=O) groups excluding carboxylic acids is 1. The normalized spacial score (nSPS) is 21.3. The maximum Gasteiger partial charge on any atom is 0.119 e. The fraction of sp³-hybridized carbons (Fsp3) is 0.909. The van der Waals surface area contributed by atoms with Crippen molar-refractivity contribution >= 4 is 22.2 Å². The Labute approximate surface area is 89.4 Å². The number of carbonyl (C=O) groups is 1. The molecule has 1 aliphatic rings. The summed E-state index contributed by atoms with van der Waals surface area (Å²) in [6, 6.07) is 0. The third kappa shape index (κ3) is 4.26. The molecule has 1 nitrogen and oxygen atoms in total. The van der Waals surface area contributed by atoms with Crippen molar-refractivity contribution in [2.75, 3.05) is 0 Å². The fourth-order valence-corrected chi connectivity index (χ4v) is 2.98. The number of aldehydes is 1. The predicted octanol–water partition coefficient (Wildman–Crippen LogP) is 3.70. The lowest BCUT2D eigenvalue weighted by Gasteiger charge is -2.26. The van der Waals surface area contributed by atoms with Gasteiger partial charge >= 0.3 is 0 Å². The van der Waals surface area contributed by atoms with Gasteiger partial charge in [-0.2, -0.15) is 0 Å². The number of halogens is 1. The zero-order valence-electron chi connectivity index (χ0n) is 8.18. The minimum Gasteiger partial charge on any atom is -0.303 e. The molecular formula is C11H19BrO. The molecule has 0 amide bonds. The van der Waals surface area contributed by atoms with Gasteiger partial charge in [-0.15, -0.1) is 0 Å². The Balaban J connectivity index is 2.13. The van der Waals surface area contributed by atoms with Crippen molar-refractivity contribution in [2.24, 2.45) is 5.92 Å². The van der Waals surface area contributed by atoms with E-state index in [1.165, 1.54) is 38.5 Å². The molecule has 1 atom stereocenters. The van der Waals surface area contributed by atoms with E-state index >= 15 is 0 Å². The van der Waals surface area contributed by atoms with Gasteiger partial charge in [-0.05, 0) is 31.6 Å². The summed E-state index contributed by atoms with van der Waals surface area (Å²) in [4.78, 5) is 10.8. The third-order valence-corrected chi connectivity index (χ3v) is 4.17. The second-order valence-corrected chi connectivity index (χ2v) is 5.19. The van der Waals surface area contributed by atoms with Crippen LogP contribution in [0.2, 0.25) is 0 Å². The van der Waals surface area contributed by atoms with Crippen LogP contribution < -0.4 is 0 Å². The van der Waals surface area contributed by atoms with E-state index in [0.29, 0.717) is 4.83 Å². The molecule has 1 unspecified atom stereocenters. The van der Waals surface area contributed by atoms with Crippen LogP contribution in [-0.2, 0) is 4.79 Å². The van der Waals surface area contributed by atoms with Crippen molar-refractivity contribution in [3.8, 4) is 0 Å². The zero-order valence-corrected chi connectivity index (χ0v) is 9.76. The highest BCUT2D eigenvalue weighted by Gasteiger charge is 2.20. The van der Waals surface area contributed by atoms with E-state index in [1.807, 2.05) is 0 Å². The molecule has 1 rings (SSSR count). The summed E-state index contributed by atoms with van der Waals surface area (Å²) in [5, 5.41) is 0. The number of hydrogen-bond acceptors (Lipinski definition) is 1. The summed E-state index contributed by atoms with van der Waals surface area (Å²) in [6.45, 7) is 0. The van der Waals surface area contributed by atoms with Crippen LogP contribution in [0.1, 0.15) is 51.4 Å². The average molecular weight is 247 g/mol. The highest BCUT2D eigenvalue weighted by molar-refractivity contribution is 9.09. The van der Waals surface area contributed by atoms with E-state index in [0.717, 1.165) is 25.0 Å². The summed E-state index contributed by atoms with van der Waals surface area (Å²) in [7, 11) is 0. The van der Waals surface area contributed by atoms with Gasteiger partial charge < -0.3 is 4.79 Å². The van der Waals surface area contributed by atoms with Gasteiger partial charge in [0.15, 0.2) is 0 Å². The molecule has 0 N–H and O–H groups in total. The molecule has 0 saturated heterocycles. The molecule has 0 aliphatic heterocycles. The Hall–Kier alpha value is 0.150. The first-order valence-corrected chi connectivity index (χ1v) is 6.34. The van der Waals surface area contributed by atoms with Crippen LogP contribution in [0.5, 0.6) is 0 Å². The Morgan fingerprint density at radius 2 is 2.00 bits per heavy atom. The first-order valence-electron chi connectivity index (χ1n) is 5.42. The summed E-state index contributed by atoms with van der Waals surface area (Å²) in [6.07, 6.45) is 11.0. The maximum absolute atomic E-state index is 10.1. The molecule has 76 valence electrons. The van der Waals surface area contributed by atoms with E-state index in [9.17, 15) is 4.79 Å². The first kappa shape index (κ1) is 11.2. The second-order valence-electron chi connectivity index (χ2n) is 4.01. The van der Waals surface area contributed by atoms with E-state index in [2.05, 4.69) is 15.9 Å². The minimum absolute atomic E-state index is 0.660. The first-order chi connectivity index (χ1) is 6.34. The van der Waals surface area contributed by atoms with Crippen LogP contribution in [0.15, 0.2) is 0 Å². The molecule has 0 radical (unpaired) electrons. The summed E-state index contributed by atoms with van der Waals surface area (Å²) < 4.78 is 0. The molecule has 0 spiro atoms. The lowest BCUT2D eigenvalue weighted by Crippen LogP contribution is -2.17. The van der Waals surface area contributed by atoms with Crippen LogP contribution in [0, 0.1) is 5.92 Å². The van der Waals surface area contributed by atoms with E-state index < -0.39 is 0 Å². The van der Waals surface area contributed by atoms with Crippen LogP contribution in [-0.4, -0.2) is 11.1 Å². The van der Waals surface area contributed by atoms with Gasteiger partial charge in [0.05, 0.1) is 0 Å². The number of rotatable bonds is 5. The molecule has 1 saturated carbocycles. The van der Waals surface area contributed by atoms with Crippen molar-refractivity contribution in [3.63, 3.8) is 0 Å². The van der Waals surface area contributed by atoms with Crippen LogP contribution in [0.25, 0.3) is 0 Å². The van der Waals surface area contributed by atoms with Gasteiger partial charge in [0.2, 0.25) is 0 Å². The summed E-state index contributed by atoms with van der Waals surface area (Å²) in [5.41, 5.74) is 0. The van der Waals surface area contributed by atoms with E-state index in [1.54, 1.807) is 0 Å². The SMILES string of the molecule is O=CCCCC(Br)C1CCCCC1. The molecule has 2 heteroatoms. The summed E-state index contributed by atoms with van der Waals surface area (Å²) >= 11 is 3.75. The van der Waals surface area contributed by atoms with Gasteiger partial charge in [-0.1, -0.05) is 35.2 Å². The monoisotopic (exact) mass is 246 g/mol. The van der Waals surface area contributed by atoms with Gasteiger partial charge in [-0.3, -0.25) is 0 Å². The number of unbranched alkanes of at least 4 members (excludes halogenated alkanes) is 1. The third-order valence-electron chi connectivity index (χ3n) is 2.96. The van der Waals surface area contributed by atoms with Crippen molar-refractivity contribution in [1.29, 1.82) is 0 Å². The van der Waals surface area contributed by atoms with Gasteiger partial charge in [0.25, 0.3) is 0 Å². The van der Waals surface area contributed by atoms with Crippen molar-refractivity contribution in [2.45, 2.75) is 56.2 Å². The smallest absolute Gasteiger partial charge is 0.119 e. The Morgan fingerprint density at radius 1 is 1.31 bits per heavy atom.